The van der Waals surface area contributed by atoms with Gasteiger partial charge >= 0.3 is 0 Å². The standard InChI is InChI=1S/C17H11Cl3N2O2/c1-9-7-11(19)5-6-13(9)22-16(23)14(20)15(17(22)24)21-12-4-2-3-10(18)8-12/h2-8,21H,1H3. The molecule has 0 aromatic heterocycles. The first-order valence-electron chi connectivity index (χ1n) is 6.96. The van der Waals surface area contributed by atoms with Crippen LogP contribution in [0.2, 0.25) is 10.0 Å². The van der Waals surface area contributed by atoms with Crippen LogP contribution in [0.3, 0.4) is 0 Å². The van der Waals surface area contributed by atoms with Crippen LogP contribution in [0, 0.1) is 6.92 Å². The smallest absolute Gasteiger partial charge is 0.283 e. The van der Waals surface area contributed by atoms with E-state index in [1.165, 1.54) is 0 Å². The number of hydrogen-bond donors (Lipinski definition) is 1. The van der Waals surface area contributed by atoms with E-state index in [1.54, 1.807) is 49.4 Å². The lowest BCUT2D eigenvalue weighted by molar-refractivity contribution is -0.120. The van der Waals surface area contributed by atoms with Crippen LogP contribution in [-0.4, -0.2) is 11.8 Å². The van der Waals surface area contributed by atoms with Gasteiger partial charge in [-0.1, -0.05) is 40.9 Å². The number of carbonyl (C=O) groups excluding carboxylic acids is 2. The van der Waals surface area contributed by atoms with E-state index in [0.29, 0.717) is 27.0 Å². The number of imide groups is 1. The fraction of sp³-hybridized carbons (Fsp3) is 0.0588. The normalized spacial score (nSPS) is 14.6. The van der Waals surface area contributed by atoms with E-state index in [4.69, 9.17) is 34.8 Å². The summed E-state index contributed by atoms with van der Waals surface area (Å²) < 4.78 is 0. The molecule has 0 fully saturated rings. The highest BCUT2D eigenvalue weighted by atomic mass is 35.5. The minimum Gasteiger partial charge on any atom is -0.350 e. The molecule has 122 valence electrons. The first-order valence-corrected chi connectivity index (χ1v) is 8.09. The maximum atomic E-state index is 12.7. The Balaban J connectivity index is 1.95. The number of rotatable bonds is 3. The predicted molar refractivity (Wildman–Crippen MR) is 96.6 cm³/mol. The lowest BCUT2D eigenvalue weighted by Gasteiger charge is -2.17. The molecule has 2 aromatic carbocycles. The van der Waals surface area contributed by atoms with E-state index in [1.807, 2.05) is 0 Å². The predicted octanol–water partition coefficient (Wildman–Crippen LogP) is 4.74. The summed E-state index contributed by atoms with van der Waals surface area (Å²) in [6, 6.07) is 11.7. The summed E-state index contributed by atoms with van der Waals surface area (Å²) in [7, 11) is 0. The molecule has 0 saturated heterocycles. The van der Waals surface area contributed by atoms with Crippen molar-refractivity contribution in [2.45, 2.75) is 6.92 Å². The third-order valence-corrected chi connectivity index (χ3v) is 4.34. The fourth-order valence-corrected chi connectivity index (χ4v) is 3.04. The van der Waals surface area contributed by atoms with Crippen molar-refractivity contribution in [1.29, 1.82) is 0 Å². The van der Waals surface area contributed by atoms with Crippen LogP contribution in [0.4, 0.5) is 11.4 Å². The molecule has 0 bridgehead atoms. The maximum absolute atomic E-state index is 12.7. The number of amides is 2. The summed E-state index contributed by atoms with van der Waals surface area (Å²) in [5.74, 6) is -1.12. The van der Waals surface area contributed by atoms with E-state index in [2.05, 4.69) is 5.32 Å². The van der Waals surface area contributed by atoms with Crippen LogP contribution in [0.5, 0.6) is 0 Å². The van der Waals surface area contributed by atoms with Crippen molar-refractivity contribution in [2.24, 2.45) is 0 Å². The zero-order chi connectivity index (χ0) is 17.4. The molecule has 1 N–H and O–H groups in total. The molecule has 0 atom stereocenters. The maximum Gasteiger partial charge on any atom is 0.283 e. The molecule has 2 aromatic rings. The summed E-state index contributed by atoms with van der Waals surface area (Å²) in [5.41, 5.74) is 1.71. The second-order valence-electron chi connectivity index (χ2n) is 5.20. The monoisotopic (exact) mass is 380 g/mol. The van der Waals surface area contributed by atoms with Crippen molar-refractivity contribution in [1.82, 2.24) is 0 Å². The van der Waals surface area contributed by atoms with Crippen molar-refractivity contribution < 1.29 is 9.59 Å². The van der Waals surface area contributed by atoms with Gasteiger partial charge in [-0.3, -0.25) is 9.59 Å². The van der Waals surface area contributed by atoms with Crippen LogP contribution in [0.1, 0.15) is 5.56 Å². The van der Waals surface area contributed by atoms with Gasteiger partial charge in [0.05, 0.1) is 5.69 Å². The third kappa shape index (κ3) is 3.00. The number of anilines is 2. The molecule has 1 aliphatic rings. The molecule has 24 heavy (non-hydrogen) atoms. The van der Waals surface area contributed by atoms with Gasteiger partial charge in [0.2, 0.25) is 0 Å². The molecular weight excluding hydrogens is 371 g/mol. The highest BCUT2D eigenvalue weighted by Gasteiger charge is 2.39. The van der Waals surface area contributed by atoms with Crippen molar-refractivity contribution in [3.63, 3.8) is 0 Å². The Bertz CT molecular complexity index is 893. The summed E-state index contributed by atoms with van der Waals surface area (Å²) in [6.45, 7) is 1.76. The molecule has 3 rings (SSSR count). The largest absolute Gasteiger partial charge is 0.350 e. The highest BCUT2D eigenvalue weighted by Crippen LogP contribution is 2.33. The molecule has 7 heteroatoms. The molecule has 0 saturated carbocycles. The molecule has 1 heterocycles. The molecule has 4 nitrogen and oxygen atoms in total. The van der Waals surface area contributed by atoms with Gasteiger partial charge in [0.15, 0.2) is 0 Å². The van der Waals surface area contributed by atoms with Gasteiger partial charge in [0, 0.05) is 15.7 Å². The van der Waals surface area contributed by atoms with E-state index >= 15 is 0 Å². The zero-order valence-electron chi connectivity index (χ0n) is 12.4. The summed E-state index contributed by atoms with van der Waals surface area (Å²) in [4.78, 5) is 26.2. The summed E-state index contributed by atoms with van der Waals surface area (Å²) in [6.07, 6.45) is 0. The lowest BCUT2D eigenvalue weighted by Crippen LogP contribution is -2.32. The van der Waals surface area contributed by atoms with Crippen LogP contribution in [-0.2, 0) is 9.59 Å². The fourth-order valence-electron chi connectivity index (χ4n) is 2.41. The number of carbonyl (C=O) groups is 2. The molecule has 0 unspecified atom stereocenters. The summed E-state index contributed by atoms with van der Waals surface area (Å²) >= 11 is 17.9. The van der Waals surface area contributed by atoms with E-state index in [9.17, 15) is 9.59 Å². The van der Waals surface area contributed by atoms with Crippen LogP contribution >= 0.6 is 34.8 Å². The lowest BCUT2D eigenvalue weighted by atomic mass is 10.2. The Kier molecular flexibility index (Phi) is 4.54. The minimum absolute atomic E-state index is 0.0123. The quantitative estimate of drug-likeness (QED) is 0.781. The number of benzene rings is 2. The van der Waals surface area contributed by atoms with Crippen molar-refractivity contribution >= 4 is 58.0 Å². The second kappa shape index (κ2) is 6.48. The number of aryl methyl sites for hydroxylation is 1. The van der Waals surface area contributed by atoms with Crippen LogP contribution in [0.25, 0.3) is 0 Å². The number of hydrogen-bond acceptors (Lipinski definition) is 3. The molecule has 1 aliphatic heterocycles. The van der Waals surface area contributed by atoms with E-state index < -0.39 is 11.8 Å². The second-order valence-corrected chi connectivity index (χ2v) is 6.45. The third-order valence-electron chi connectivity index (χ3n) is 3.52. The number of halogens is 3. The van der Waals surface area contributed by atoms with Gasteiger partial charge in [-0.05, 0) is 48.9 Å². The topological polar surface area (TPSA) is 49.4 Å². The highest BCUT2D eigenvalue weighted by molar-refractivity contribution is 6.53. The van der Waals surface area contributed by atoms with Crippen LogP contribution in [0.15, 0.2) is 53.2 Å². The van der Waals surface area contributed by atoms with Crippen molar-refractivity contribution in [3.8, 4) is 0 Å². The van der Waals surface area contributed by atoms with Gasteiger partial charge in [-0.2, -0.15) is 0 Å². The summed E-state index contributed by atoms with van der Waals surface area (Å²) in [5, 5.41) is 3.71. The van der Waals surface area contributed by atoms with E-state index in [-0.39, 0.29) is 10.7 Å². The molecule has 0 spiro atoms. The van der Waals surface area contributed by atoms with Gasteiger partial charge in [0.1, 0.15) is 10.7 Å². The number of nitrogens with one attached hydrogen (secondary N) is 1. The Hall–Kier alpha value is -2.01. The van der Waals surface area contributed by atoms with Crippen LogP contribution < -0.4 is 10.2 Å². The van der Waals surface area contributed by atoms with Crippen molar-refractivity contribution in [2.75, 3.05) is 10.2 Å². The first kappa shape index (κ1) is 16.8. The van der Waals surface area contributed by atoms with Gasteiger partial charge in [-0.25, -0.2) is 4.90 Å². The molecule has 0 aliphatic carbocycles. The molecule has 2 amide bonds. The Morgan fingerprint density at radius 1 is 0.917 bits per heavy atom. The van der Waals surface area contributed by atoms with Gasteiger partial charge in [-0.15, -0.1) is 0 Å². The van der Waals surface area contributed by atoms with E-state index in [0.717, 1.165) is 4.90 Å². The Labute approximate surface area is 153 Å². The average molecular weight is 382 g/mol. The first-order chi connectivity index (χ1) is 11.4. The molecular formula is C17H11Cl3N2O2. The average Bonchev–Trinajstić information content (AvgIpc) is 2.72. The molecule has 0 radical (unpaired) electrons. The minimum atomic E-state index is -0.586. The number of nitrogens with zero attached hydrogens (tertiary/aromatic N) is 1. The Morgan fingerprint density at radius 3 is 2.29 bits per heavy atom. The Morgan fingerprint density at radius 2 is 1.62 bits per heavy atom. The zero-order valence-corrected chi connectivity index (χ0v) is 14.7. The SMILES string of the molecule is Cc1cc(Cl)ccc1N1C(=O)C(Cl)=C(Nc2cccc(Cl)c2)C1=O. The van der Waals surface area contributed by atoms with Crippen molar-refractivity contribution in [3.05, 3.63) is 68.8 Å². The van der Waals surface area contributed by atoms with Gasteiger partial charge < -0.3 is 5.32 Å². The van der Waals surface area contributed by atoms with Gasteiger partial charge in [0.25, 0.3) is 11.8 Å².